The molecule has 0 saturated carbocycles. The lowest BCUT2D eigenvalue weighted by Crippen LogP contribution is -2.32. The van der Waals surface area contributed by atoms with E-state index in [1.807, 2.05) is 12.1 Å². The van der Waals surface area contributed by atoms with Crippen molar-refractivity contribution in [2.24, 2.45) is 5.92 Å². The Morgan fingerprint density at radius 2 is 2.15 bits per heavy atom. The third-order valence-electron chi connectivity index (χ3n) is 6.13. The minimum atomic E-state index is -0.377. The van der Waals surface area contributed by atoms with Gasteiger partial charge in [0.25, 0.3) is 0 Å². The number of nitrogens with one attached hydrogen (secondary N) is 1. The zero-order valence-electron chi connectivity index (χ0n) is 18.8. The molecule has 0 fully saturated rings. The van der Waals surface area contributed by atoms with Crippen molar-refractivity contribution in [3.05, 3.63) is 51.0 Å². The Hall–Kier alpha value is -3.40. The van der Waals surface area contributed by atoms with Crippen molar-refractivity contribution < 1.29 is 14.3 Å². The molecule has 0 aliphatic heterocycles. The van der Waals surface area contributed by atoms with Gasteiger partial charge in [0, 0.05) is 17.0 Å². The summed E-state index contributed by atoms with van der Waals surface area (Å²) < 4.78 is 13.3. The molecule has 1 aliphatic rings. The number of thiophene rings is 1. The van der Waals surface area contributed by atoms with Crippen LogP contribution in [0.4, 0.5) is 0 Å². The minimum absolute atomic E-state index is 0.183. The molecule has 1 aromatic carbocycles. The number of fused-ring (bicyclic) bond motifs is 5. The van der Waals surface area contributed by atoms with Crippen LogP contribution in [-0.4, -0.2) is 39.3 Å². The van der Waals surface area contributed by atoms with Crippen molar-refractivity contribution in [1.29, 1.82) is 0 Å². The van der Waals surface area contributed by atoms with Crippen molar-refractivity contribution in [3.63, 3.8) is 0 Å². The zero-order valence-corrected chi connectivity index (χ0v) is 19.6. The van der Waals surface area contributed by atoms with E-state index in [0.717, 1.165) is 35.0 Å². The van der Waals surface area contributed by atoms with Crippen LogP contribution < -0.4 is 20.5 Å². The summed E-state index contributed by atoms with van der Waals surface area (Å²) in [4.78, 5) is 32.3. The number of benzene rings is 1. The van der Waals surface area contributed by atoms with Gasteiger partial charge in [0.05, 0.1) is 19.6 Å². The summed E-state index contributed by atoms with van der Waals surface area (Å²) in [6, 6.07) is 5.47. The van der Waals surface area contributed by atoms with Gasteiger partial charge in [-0.2, -0.15) is 0 Å². The molecule has 3 heterocycles. The number of aromatic nitrogens is 4. The van der Waals surface area contributed by atoms with Crippen LogP contribution in [0.25, 0.3) is 15.9 Å². The van der Waals surface area contributed by atoms with Gasteiger partial charge in [-0.15, -0.1) is 16.4 Å². The number of hydrogen-bond acceptors (Lipinski definition) is 7. The summed E-state index contributed by atoms with van der Waals surface area (Å²) in [6.07, 6.45) is 4.61. The largest absolute Gasteiger partial charge is 0.493 e. The summed E-state index contributed by atoms with van der Waals surface area (Å²) in [5, 5.41) is 8.31. The number of carbonyl (C=O) groups excluding carboxylic acids is 1. The molecule has 0 saturated heterocycles. The number of ether oxygens (including phenoxy) is 2. The molecule has 1 amide bonds. The molecule has 0 spiro atoms. The fourth-order valence-corrected chi connectivity index (χ4v) is 5.79. The zero-order chi connectivity index (χ0) is 23.1. The molecule has 1 aliphatic carbocycles. The lowest BCUT2D eigenvalue weighted by atomic mass is 9.89. The molecule has 5 rings (SSSR count). The highest BCUT2D eigenvalue weighted by Gasteiger charge is 2.24. The van der Waals surface area contributed by atoms with E-state index in [1.54, 1.807) is 31.6 Å². The topological polar surface area (TPSA) is 99.7 Å². The smallest absolute Gasteiger partial charge is 0.352 e. The third kappa shape index (κ3) is 3.74. The molecular weight excluding hydrogens is 442 g/mol. The average molecular weight is 468 g/mol. The molecule has 33 heavy (non-hydrogen) atoms. The van der Waals surface area contributed by atoms with E-state index < -0.39 is 0 Å². The SMILES string of the molecule is COc1cccc(CNC(=O)Cn2nc3c4c5c(sc4ncn3c2=O)C[C@H](C)CC5)c1OC. The summed E-state index contributed by atoms with van der Waals surface area (Å²) in [6.45, 7) is 2.32. The highest BCUT2D eigenvalue weighted by Crippen LogP contribution is 2.38. The van der Waals surface area contributed by atoms with Gasteiger partial charge in [-0.25, -0.2) is 18.9 Å². The summed E-state index contributed by atoms with van der Waals surface area (Å²) in [7, 11) is 3.12. The van der Waals surface area contributed by atoms with Crippen molar-refractivity contribution >= 4 is 33.1 Å². The molecule has 1 N–H and O–H groups in total. The van der Waals surface area contributed by atoms with E-state index in [4.69, 9.17) is 9.47 Å². The van der Waals surface area contributed by atoms with Crippen molar-refractivity contribution in [1.82, 2.24) is 24.5 Å². The highest BCUT2D eigenvalue weighted by molar-refractivity contribution is 7.19. The standard InChI is InChI=1S/C23H25N5O4S/c1-13-7-8-15-17(9-13)33-22-19(15)21-26-28(23(30)27(21)12-25-22)11-18(29)24-10-14-5-4-6-16(31-2)20(14)32-3/h4-6,12-13H,7-11H2,1-3H3,(H,24,29)/t13-/m1/s1. The lowest BCUT2D eigenvalue weighted by molar-refractivity contribution is -0.122. The van der Waals surface area contributed by atoms with Gasteiger partial charge < -0.3 is 14.8 Å². The van der Waals surface area contributed by atoms with Crippen molar-refractivity contribution in [2.45, 2.75) is 39.3 Å². The van der Waals surface area contributed by atoms with E-state index >= 15 is 0 Å². The van der Waals surface area contributed by atoms with Crippen LogP contribution >= 0.6 is 11.3 Å². The van der Waals surface area contributed by atoms with Gasteiger partial charge in [-0.3, -0.25) is 4.79 Å². The molecule has 10 heteroatoms. The molecular formula is C23H25N5O4S. The fourth-order valence-electron chi connectivity index (χ4n) is 4.44. The number of amides is 1. The van der Waals surface area contributed by atoms with E-state index in [-0.39, 0.29) is 24.7 Å². The second kappa shape index (κ2) is 8.51. The molecule has 4 aromatic rings. The van der Waals surface area contributed by atoms with Crippen LogP contribution in [0.3, 0.4) is 0 Å². The van der Waals surface area contributed by atoms with Gasteiger partial charge in [0.15, 0.2) is 17.1 Å². The van der Waals surface area contributed by atoms with Crippen LogP contribution in [-0.2, 0) is 30.7 Å². The molecule has 0 radical (unpaired) electrons. The quantitative estimate of drug-likeness (QED) is 0.468. The number of carbonyl (C=O) groups is 1. The number of aryl methyl sites for hydroxylation is 1. The van der Waals surface area contributed by atoms with Crippen LogP contribution in [0.15, 0.2) is 29.3 Å². The molecule has 9 nitrogen and oxygen atoms in total. The lowest BCUT2D eigenvalue weighted by Gasteiger charge is -2.17. The normalized spacial score (nSPS) is 15.5. The predicted molar refractivity (Wildman–Crippen MR) is 125 cm³/mol. The van der Waals surface area contributed by atoms with E-state index in [0.29, 0.717) is 23.1 Å². The maximum Gasteiger partial charge on any atom is 0.352 e. The Morgan fingerprint density at radius 3 is 2.94 bits per heavy atom. The average Bonchev–Trinajstić information content (AvgIpc) is 3.33. The Kier molecular flexibility index (Phi) is 5.53. The molecule has 0 bridgehead atoms. The fraction of sp³-hybridized carbons (Fsp3) is 0.391. The maximum atomic E-state index is 12.9. The van der Waals surface area contributed by atoms with E-state index in [9.17, 15) is 9.59 Å². The van der Waals surface area contributed by atoms with Crippen molar-refractivity contribution in [2.75, 3.05) is 14.2 Å². The molecule has 0 unspecified atom stereocenters. The van der Waals surface area contributed by atoms with Gasteiger partial charge in [-0.1, -0.05) is 19.1 Å². The van der Waals surface area contributed by atoms with Crippen LogP contribution in [0.5, 0.6) is 11.5 Å². The number of rotatable bonds is 6. The first kappa shape index (κ1) is 21.4. The van der Waals surface area contributed by atoms with Gasteiger partial charge in [0.2, 0.25) is 5.91 Å². The molecule has 1 atom stereocenters. The first-order chi connectivity index (χ1) is 16.0. The summed E-state index contributed by atoms with van der Waals surface area (Å²) in [5.41, 5.74) is 2.22. The van der Waals surface area contributed by atoms with Gasteiger partial charge in [-0.05, 0) is 36.8 Å². The molecule has 172 valence electrons. The minimum Gasteiger partial charge on any atom is -0.493 e. The van der Waals surface area contributed by atoms with Crippen LogP contribution in [0, 0.1) is 5.92 Å². The second-order valence-corrected chi connectivity index (χ2v) is 9.42. The van der Waals surface area contributed by atoms with E-state index in [1.165, 1.54) is 25.9 Å². The number of hydrogen-bond donors (Lipinski definition) is 1. The Morgan fingerprint density at radius 1 is 1.30 bits per heavy atom. The van der Waals surface area contributed by atoms with Crippen LogP contribution in [0.1, 0.15) is 29.3 Å². The first-order valence-corrected chi connectivity index (χ1v) is 11.7. The van der Waals surface area contributed by atoms with E-state index in [2.05, 4.69) is 22.3 Å². The Bertz CT molecular complexity index is 1420. The number of para-hydroxylation sites is 1. The summed E-state index contributed by atoms with van der Waals surface area (Å²) in [5.74, 6) is 1.48. The van der Waals surface area contributed by atoms with Crippen molar-refractivity contribution in [3.8, 4) is 11.5 Å². The Balaban J connectivity index is 1.41. The third-order valence-corrected chi connectivity index (χ3v) is 7.29. The second-order valence-electron chi connectivity index (χ2n) is 8.34. The maximum absolute atomic E-state index is 12.9. The van der Waals surface area contributed by atoms with Gasteiger partial charge >= 0.3 is 5.69 Å². The monoisotopic (exact) mass is 467 g/mol. The number of methoxy groups -OCH3 is 2. The Labute approximate surface area is 194 Å². The first-order valence-electron chi connectivity index (χ1n) is 10.8. The highest BCUT2D eigenvalue weighted by atomic mass is 32.1. The molecule has 3 aromatic heterocycles. The van der Waals surface area contributed by atoms with Crippen LogP contribution in [0.2, 0.25) is 0 Å². The van der Waals surface area contributed by atoms with Gasteiger partial charge in [0.1, 0.15) is 17.7 Å². The predicted octanol–water partition coefficient (Wildman–Crippen LogP) is 2.56. The summed E-state index contributed by atoms with van der Waals surface area (Å²) >= 11 is 1.68. The number of nitrogens with zero attached hydrogens (tertiary/aromatic N) is 4.